The molecule has 30 heavy (non-hydrogen) atoms. The molecule has 5 N–H and O–H groups in total. The van der Waals surface area contributed by atoms with Crippen LogP contribution in [0.25, 0.3) is 23.0 Å². The predicted octanol–water partition coefficient (Wildman–Crippen LogP) is 0.455. The molecule has 0 aliphatic heterocycles. The molecule has 0 bridgehead atoms. The molecule has 0 saturated carbocycles. The number of benzene rings is 1. The summed E-state index contributed by atoms with van der Waals surface area (Å²) in [6, 6.07) is 7.37. The van der Waals surface area contributed by atoms with Gasteiger partial charge in [-0.3, -0.25) is 4.79 Å². The van der Waals surface area contributed by atoms with E-state index in [1.54, 1.807) is 0 Å². The molecule has 1 amide bonds. The van der Waals surface area contributed by atoms with Crippen LogP contribution in [0.4, 0.5) is 11.6 Å². The smallest absolute Gasteiger partial charge is 0.261 e. The minimum absolute atomic E-state index is 0.0199. The Morgan fingerprint density at radius 3 is 2.40 bits per heavy atom. The van der Waals surface area contributed by atoms with Crippen LogP contribution in [0.15, 0.2) is 43.1 Å². The number of amides is 1. The van der Waals surface area contributed by atoms with Crippen LogP contribution >= 0.6 is 15.9 Å². The molecule has 3 aromatic heterocycles. The highest BCUT2D eigenvalue weighted by Crippen LogP contribution is 2.25. The first-order valence-electron chi connectivity index (χ1n) is 8.20. The van der Waals surface area contributed by atoms with Gasteiger partial charge < -0.3 is 11.5 Å². The van der Waals surface area contributed by atoms with E-state index in [4.69, 9.17) is 11.5 Å². The monoisotopic (exact) mass is 473 g/mol. The Labute approximate surface area is 175 Å². The maximum atomic E-state index is 12.3. The summed E-state index contributed by atoms with van der Waals surface area (Å²) in [6.45, 7) is -0.266. The van der Waals surface area contributed by atoms with E-state index in [1.165, 1.54) is 10.9 Å². The maximum absolute atomic E-state index is 12.3. The largest absolute Gasteiger partial charge is 0.379 e. The van der Waals surface area contributed by atoms with Crippen molar-refractivity contribution in [3.05, 3.63) is 34.3 Å². The molecule has 1 aromatic carbocycles. The number of carbonyl (C=O) groups is 1. The second-order valence-electron chi connectivity index (χ2n) is 5.76. The third kappa shape index (κ3) is 4.00. The number of nitrogens with zero attached hydrogens (tertiary/aromatic N) is 8. The van der Waals surface area contributed by atoms with Gasteiger partial charge in [0, 0.05) is 4.47 Å². The zero-order valence-electron chi connectivity index (χ0n) is 14.9. The molecular formula is C15H12BrN11O3. The van der Waals surface area contributed by atoms with Gasteiger partial charge in [-0.1, -0.05) is 28.1 Å². The molecule has 0 radical (unpaired) electrons. The van der Waals surface area contributed by atoms with E-state index in [2.05, 4.69) is 66.4 Å². The number of rotatable bonds is 6. The number of hydrogen-bond donors (Lipinski definition) is 3. The number of carbonyl (C=O) groups excluding carboxylic acids is 1. The molecule has 0 spiro atoms. The van der Waals surface area contributed by atoms with Gasteiger partial charge in [0.2, 0.25) is 5.82 Å². The van der Waals surface area contributed by atoms with E-state index in [1.807, 2.05) is 24.3 Å². The van der Waals surface area contributed by atoms with Gasteiger partial charge in [0.25, 0.3) is 5.91 Å². The first-order valence-corrected chi connectivity index (χ1v) is 8.99. The minimum Gasteiger partial charge on any atom is -0.379 e. The molecule has 3 heterocycles. The van der Waals surface area contributed by atoms with E-state index in [9.17, 15) is 4.79 Å². The zero-order chi connectivity index (χ0) is 21.1. The molecule has 0 atom stereocenters. The molecule has 152 valence electrons. The van der Waals surface area contributed by atoms with Gasteiger partial charge in [-0.25, -0.2) is 24.3 Å². The highest BCUT2D eigenvalue weighted by atomic mass is 79.9. The quantitative estimate of drug-likeness (QED) is 0.259. The van der Waals surface area contributed by atoms with Crippen molar-refractivity contribution in [1.82, 2.24) is 40.8 Å². The Balaban J connectivity index is 1.55. The van der Waals surface area contributed by atoms with E-state index < -0.39 is 5.91 Å². The second kappa shape index (κ2) is 8.08. The van der Waals surface area contributed by atoms with Gasteiger partial charge in [0.15, 0.2) is 28.8 Å². The molecule has 0 aliphatic carbocycles. The van der Waals surface area contributed by atoms with Crippen LogP contribution in [-0.2, 0) is 11.3 Å². The Morgan fingerprint density at radius 2 is 1.77 bits per heavy atom. The van der Waals surface area contributed by atoms with Crippen molar-refractivity contribution in [3.63, 3.8) is 0 Å². The average molecular weight is 474 g/mol. The molecule has 0 fully saturated rings. The van der Waals surface area contributed by atoms with Crippen molar-refractivity contribution in [2.45, 2.75) is 6.54 Å². The summed E-state index contributed by atoms with van der Waals surface area (Å²) in [5, 5.41) is 22.4. The number of nitrogens with two attached hydrogens (primary N) is 2. The molecular weight excluding hydrogens is 462 g/mol. The second-order valence-corrected chi connectivity index (χ2v) is 6.67. The number of hydrogen-bond acceptors (Lipinski definition) is 12. The van der Waals surface area contributed by atoms with Crippen LogP contribution in [0.5, 0.6) is 0 Å². The maximum Gasteiger partial charge on any atom is 0.261 e. The van der Waals surface area contributed by atoms with E-state index in [-0.39, 0.29) is 41.2 Å². The standard InChI is InChI=1S/C15H12BrN11O3/c16-8-3-1-7(2-4-8)5-19-21-9(28)6-27-15(11-13(18)26-30-24-11)20-14(22-27)10-12(17)25-29-23-10/h1-5H,6H2,(H2,17,25)(H2,18,26)(H,21,28). The number of anilines is 2. The SMILES string of the molecule is Nc1nonc1-c1nc(-c2nonc2N)n(CC(=O)NN=Cc2ccc(Br)cc2)n1. The summed E-state index contributed by atoms with van der Waals surface area (Å²) in [7, 11) is 0. The first-order chi connectivity index (χ1) is 14.5. The Bertz CT molecular complexity index is 1210. The highest BCUT2D eigenvalue weighted by Gasteiger charge is 2.24. The van der Waals surface area contributed by atoms with Gasteiger partial charge in [-0.15, -0.1) is 5.10 Å². The molecule has 4 aromatic rings. The van der Waals surface area contributed by atoms with Gasteiger partial charge in [-0.2, -0.15) is 5.10 Å². The molecule has 0 unspecified atom stereocenters. The van der Waals surface area contributed by atoms with Gasteiger partial charge in [-0.05, 0) is 38.3 Å². The lowest BCUT2D eigenvalue weighted by Gasteiger charge is -2.03. The predicted molar refractivity (Wildman–Crippen MR) is 105 cm³/mol. The third-order valence-electron chi connectivity index (χ3n) is 3.69. The summed E-state index contributed by atoms with van der Waals surface area (Å²) in [4.78, 5) is 16.6. The average Bonchev–Trinajstić information content (AvgIpc) is 3.43. The molecule has 0 saturated heterocycles. The fourth-order valence-corrected chi connectivity index (χ4v) is 2.59. The van der Waals surface area contributed by atoms with Crippen molar-refractivity contribution in [2.24, 2.45) is 5.10 Å². The van der Waals surface area contributed by atoms with Gasteiger partial charge in [0.05, 0.1) is 6.21 Å². The molecule has 14 nitrogen and oxygen atoms in total. The number of nitrogen functional groups attached to an aromatic ring is 2. The first kappa shape index (κ1) is 19.2. The van der Waals surface area contributed by atoms with Crippen LogP contribution in [0, 0.1) is 0 Å². The van der Waals surface area contributed by atoms with Gasteiger partial charge in [0.1, 0.15) is 6.54 Å². The lowest BCUT2D eigenvalue weighted by atomic mass is 10.2. The summed E-state index contributed by atoms with van der Waals surface area (Å²) in [5.74, 6) is -0.374. The number of nitrogens with one attached hydrogen (secondary N) is 1. The van der Waals surface area contributed by atoms with E-state index in [0.717, 1.165) is 10.0 Å². The van der Waals surface area contributed by atoms with Crippen LogP contribution in [-0.4, -0.2) is 47.5 Å². The lowest BCUT2D eigenvalue weighted by molar-refractivity contribution is -0.121. The van der Waals surface area contributed by atoms with Crippen LogP contribution in [0.1, 0.15) is 5.56 Å². The van der Waals surface area contributed by atoms with Crippen LogP contribution < -0.4 is 16.9 Å². The normalized spacial score (nSPS) is 11.2. The fourth-order valence-electron chi connectivity index (χ4n) is 2.33. The topological polar surface area (TPSA) is 202 Å². The Hall–Kier alpha value is -4.14. The third-order valence-corrected chi connectivity index (χ3v) is 4.22. The molecule has 15 heteroatoms. The van der Waals surface area contributed by atoms with E-state index in [0.29, 0.717) is 0 Å². The van der Waals surface area contributed by atoms with Crippen LogP contribution in [0.3, 0.4) is 0 Å². The fraction of sp³-hybridized carbons (Fsp3) is 0.0667. The molecule has 4 rings (SSSR count). The van der Waals surface area contributed by atoms with Crippen molar-refractivity contribution < 1.29 is 14.1 Å². The lowest BCUT2D eigenvalue weighted by Crippen LogP contribution is -2.24. The highest BCUT2D eigenvalue weighted by molar-refractivity contribution is 9.10. The summed E-state index contributed by atoms with van der Waals surface area (Å²) in [5.41, 5.74) is 14.8. The Morgan fingerprint density at radius 1 is 1.10 bits per heavy atom. The zero-order valence-corrected chi connectivity index (χ0v) is 16.5. The van der Waals surface area contributed by atoms with Gasteiger partial charge >= 0.3 is 0 Å². The summed E-state index contributed by atoms with van der Waals surface area (Å²) in [6.07, 6.45) is 1.50. The summed E-state index contributed by atoms with van der Waals surface area (Å²) >= 11 is 3.35. The van der Waals surface area contributed by atoms with Crippen molar-refractivity contribution in [2.75, 3.05) is 11.5 Å². The number of halogens is 1. The van der Waals surface area contributed by atoms with E-state index >= 15 is 0 Å². The minimum atomic E-state index is -0.484. The van der Waals surface area contributed by atoms with Crippen molar-refractivity contribution in [3.8, 4) is 23.0 Å². The molecule has 0 aliphatic rings. The van der Waals surface area contributed by atoms with Crippen molar-refractivity contribution >= 4 is 39.7 Å². The number of aromatic nitrogens is 7. The Kier molecular flexibility index (Phi) is 5.17. The summed E-state index contributed by atoms with van der Waals surface area (Å²) < 4.78 is 11.3. The van der Waals surface area contributed by atoms with Crippen LogP contribution in [0.2, 0.25) is 0 Å². The number of hydrazone groups is 1. The van der Waals surface area contributed by atoms with Crippen molar-refractivity contribution in [1.29, 1.82) is 0 Å².